The molecular formula is C5H4F3NO2S. The molecule has 0 radical (unpaired) electrons. The molecule has 3 nitrogen and oxygen atoms in total. The summed E-state index contributed by atoms with van der Waals surface area (Å²) in [4.78, 5) is 10.5. The highest BCUT2D eigenvalue weighted by molar-refractivity contribution is 8.01. The van der Waals surface area contributed by atoms with Crippen molar-refractivity contribution >= 4 is 17.7 Å². The minimum absolute atomic E-state index is 0.701. The van der Waals surface area contributed by atoms with Crippen molar-refractivity contribution in [3.63, 3.8) is 0 Å². The van der Waals surface area contributed by atoms with Crippen molar-refractivity contribution in [1.82, 2.24) is 0 Å². The molecule has 12 heavy (non-hydrogen) atoms. The van der Waals surface area contributed by atoms with Gasteiger partial charge in [-0.05, 0) is 11.8 Å². The maximum atomic E-state index is 11.6. The molecule has 0 fully saturated rings. The van der Waals surface area contributed by atoms with Crippen molar-refractivity contribution < 1.29 is 22.7 Å². The first kappa shape index (κ1) is 11.1. The summed E-state index contributed by atoms with van der Waals surface area (Å²) in [5.41, 5.74) is -4.60. The van der Waals surface area contributed by atoms with Gasteiger partial charge in [0.25, 0.3) is 0 Å². The number of nitriles is 1. The first-order valence-electron chi connectivity index (χ1n) is 2.62. The van der Waals surface area contributed by atoms with E-state index in [4.69, 9.17) is 5.26 Å². The molecule has 7 heteroatoms. The Hall–Kier alpha value is -0.900. The van der Waals surface area contributed by atoms with E-state index in [0.717, 1.165) is 7.11 Å². The van der Waals surface area contributed by atoms with Gasteiger partial charge < -0.3 is 4.74 Å². The van der Waals surface area contributed by atoms with Gasteiger partial charge in [0, 0.05) is 0 Å². The zero-order valence-electron chi connectivity index (χ0n) is 5.88. The van der Waals surface area contributed by atoms with Crippen LogP contribution in [0, 0.1) is 11.3 Å². The van der Waals surface area contributed by atoms with E-state index in [9.17, 15) is 18.0 Å². The highest BCUT2D eigenvalue weighted by atomic mass is 32.2. The summed E-state index contributed by atoms with van der Waals surface area (Å²) < 4.78 is 38.7. The van der Waals surface area contributed by atoms with Crippen molar-refractivity contribution in [1.29, 1.82) is 5.26 Å². The van der Waals surface area contributed by atoms with E-state index in [1.807, 2.05) is 0 Å². The van der Waals surface area contributed by atoms with E-state index >= 15 is 0 Å². The summed E-state index contributed by atoms with van der Waals surface area (Å²) in [5.74, 6) is -1.19. The number of hydrogen-bond donors (Lipinski definition) is 0. The minimum atomic E-state index is -4.60. The Morgan fingerprint density at radius 2 is 2.17 bits per heavy atom. The van der Waals surface area contributed by atoms with Gasteiger partial charge in [-0.2, -0.15) is 18.4 Å². The molecule has 1 unspecified atom stereocenters. The zero-order chi connectivity index (χ0) is 9.78. The first-order valence-corrected chi connectivity index (χ1v) is 3.50. The highest BCUT2D eigenvalue weighted by Crippen LogP contribution is 2.33. The van der Waals surface area contributed by atoms with Crippen LogP contribution in [0.2, 0.25) is 0 Å². The quantitative estimate of drug-likeness (QED) is 0.629. The van der Waals surface area contributed by atoms with E-state index in [1.54, 1.807) is 0 Å². The van der Waals surface area contributed by atoms with Gasteiger partial charge in [-0.3, -0.25) is 0 Å². The van der Waals surface area contributed by atoms with Crippen molar-refractivity contribution in [2.75, 3.05) is 7.11 Å². The van der Waals surface area contributed by atoms with Crippen LogP contribution in [0.3, 0.4) is 0 Å². The SMILES string of the molecule is COC(=O)C(C#N)SC(F)(F)F. The predicted molar refractivity (Wildman–Crippen MR) is 35.1 cm³/mol. The van der Waals surface area contributed by atoms with Gasteiger partial charge in [-0.25, -0.2) is 4.79 Å². The summed E-state index contributed by atoms with van der Waals surface area (Å²) in [7, 11) is 0.920. The van der Waals surface area contributed by atoms with Crippen LogP contribution in [0.25, 0.3) is 0 Å². The normalized spacial score (nSPS) is 13.2. The number of halogens is 3. The van der Waals surface area contributed by atoms with Crippen LogP contribution in [-0.4, -0.2) is 23.8 Å². The number of alkyl halides is 3. The second kappa shape index (κ2) is 4.21. The lowest BCUT2D eigenvalue weighted by atomic mass is 10.5. The molecule has 0 aromatic heterocycles. The minimum Gasteiger partial charge on any atom is -0.467 e. The maximum Gasteiger partial charge on any atom is 0.443 e. The predicted octanol–water partition coefficient (Wildman–Crippen LogP) is 1.30. The van der Waals surface area contributed by atoms with Gasteiger partial charge in [0.2, 0.25) is 0 Å². The van der Waals surface area contributed by atoms with E-state index in [-0.39, 0.29) is 0 Å². The third kappa shape index (κ3) is 4.08. The highest BCUT2D eigenvalue weighted by Gasteiger charge is 2.37. The Morgan fingerprint density at radius 3 is 2.42 bits per heavy atom. The summed E-state index contributed by atoms with van der Waals surface area (Å²) in [6, 6.07) is 1.18. The lowest BCUT2D eigenvalue weighted by Crippen LogP contribution is -2.21. The number of esters is 1. The number of hydrogen-bond acceptors (Lipinski definition) is 4. The van der Waals surface area contributed by atoms with Crippen LogP contribution >= 0.6 is 11.8 Å². The Morgan fingerprint density at radius 1 is 1.67 bits per heavy atom. The molecule has 0 aromatic rings. The first-order chi connectivity index (χ1) is 5.40. The molecule has 1 atom stereocenters. The average molecular weight is 199 g/mol. The number of carbonyl (C=O) groups excluding carboxylic acids is 1. The number of carbonyl (C=O) groups is 1. The molecule has 0 rings (SSSR count). The van der Waals surface area contributed by atoms with E-state index in [1.165, 1.54) is 6.07 Å². The topological polar surface area (TPSA) is 50.1 Å². The lowest BCUT2D eigenvalue weighted by molar-refractivity contribution is -0.139. The van der Waals surface area contributed by atoms with Gasteiger partial charge in [0.15, 0.2) is 5.25 Å². The van der Waals surface area contributed by atoms with Gasteiger partial charge in [0.05, 0.1) is 13.2 Å². The summed E-state index contributed by atoms with van der Waals surface area (Å²) in [5, 5.41) is 6.28. The molecule has 0 aliphatic rings. The smallest absolute Gasteiger partial charge is 0.443 e. The molecule has 0 saturated heterocycles. The fourth-order valence-corrected chi connectivity index (χ4v) is 0.880. The van der Waals surface area contributed by atoms with Gasteiger partial charge in [0.1, 0.15) is 0 Å². The van der Waals surface area contributed by atoms with Crippen LogP contribution in [0.5, 0.6) is 0 Å². The molecule has 0 N–H and O–H groups in total. The van der Waals surface area contributed by atoms with E-state index < -0.39 is 28.5 Å². The molecule has 0 saturated carbocycles. The van der Waals surface area contributed by atoms with Crippen molar-refractivity contribution in [2.24, 2.45) is 0 Å². The maximum absolute atomic E-state index is 11.6. The van der Waals surface area contributed by atoms with Crippen LogP contribution in [0.4, 0.5) is 13.2 Å². The number of methoxy groups -OCH3 is 1. The Bertz CT molecular complexity index is 210. The van der Waals surface area contributed by atoms with E-state index in [0.29, 0.717) is 0 Å². The third-order valence-electron chi connectivity index (χ3n) is 0.784. The summed E-state index contributed by atoms with van der Waals surface area (Å²) in [6.07, 6.45) is 0. The number of rotatable bonds is 2. The molecule has 0 heterocycles. The van der Waals surface area contributed by atoms with Crippen LogP contribution in [-0.2, 0) is 9.53 Å². The molecule has 68 valence electrons. The fourth-order valence-electron chi connectivity index (χ4n) is 0.368. The van der Waals surface area contributed by atoms with Crippen molar-refractivity contribution in [2.45, 2.75) is 10.8 Å². The lowest BCUT2D eigenvalue weighted by Gasteiger charge is -2.08. The average Bonchev–Trinajstić information content (AvgIpc) is 1.97. The van der Waals surface area contributed by atoms with Crippen molar-refractivity contribution in [3.05, 3.63) is 0 Å². The summed E-state index contributed by atoms with van der Waals surface area (Å²) >= 11 is -0.701. The Balaban J connectivity index is 4.22. The van der Waals surface area contributed by atoms with E-state index in [2.05, 4.69) is 4.74 Å². The number of ether oxygens (including phenoxy) is 1. The van der Waals surface area contributed by atoms with Crippen LogP contribution in [0.1, 0.15) is 0 Å². The molecule has 0 aliphatic carbocycles. The van der Waals surface area contributed by atoms with Gasteiger partial charge in [-0.15, -0.1) is 0 Å². The number of nitrogens with zero attached hydrogens (tertiary/aromatic N) is 1. The fraction of sp³-hybridized carbons (Fsp3) is 0.600. The molecule has 0 aliphatic heterocycles. The monoisotopic (exact) mass is 199 g/mol. The molecule has 0 spiro atoms. The third-order valence-corrected chi connectivity index (χ3v) is 1.58. The second-order valence-electron chi connectivity index (χ2n) is 1.60. The zero-order valence-corrected chi connectivity index (χ0v) is 6.70. The summed E-state index contributed by atoms with van der Waals surface area (Å²) in [6.45, 7) is 0. The Kier molecular flexibility index (Phi) is 3.89. The standard InChI is InChI=1S/C5H4F3NO2S/c1-11-4(10)3(2-9)12-5(6,7)8/h3H,1H3. The second-order valence-corrected chi connectivity index (χ2v) is 2.77. The largest absolute Gasteiger partial charge is 0.467 e. The van der Waals surface area contributed by atoms with Crippen LogP contribution < -0.4 is 0 Å². The molecular weight excluding hydrogens is 195 g/mol. The van der Waals surface area contributed by atoms with Crippen molar-refractivity contribution in [3.8, 4) is 6.07 Å². The molecule has 0 bridgehead atoms. The Labute approximate surface area is 70.5 Å². The van der Waals surface area contributed by atoms with Crippen LogP contribution in [0.15, 0.2) is 0 Å². The molecule has 0 aromatic carbocycles. The number of thioether (sulfide) groups is 1. The van der Waals surface area contributed by atoms with Gasteiger partial charge in [-0.1, -0.05) is 0 Å². The molecule has 0 amide bonds. The van der Waals surface area contributed by atoms with Gasteiger partial charge >= 0.3 is 11.5 Å².